The van der Waals surface area contributed by atoms with Crippen LogP contribution >= 0.6 is 0 Å². The summed E-state index contributed by atoms with van der Waals surface area (Å²) in [7, 11) is 1.60. The number of phenols is 1. The molecule has 0 saturated carbocycles. The van der Waals surface area contributed by atoms with Gasteiger partial charge in [-0.2, -0.15) is 0 Å². The molecule has 7 heteroatoms. The lowest BCUT2D eigenvalue weighted by Gasteiger charge is -2.35. The van der Waals surface area contributed by atoms with Crippen LogP contribution in [0.4, 0.5) is 4.39 Å². The third-order valence-corrected chi connectivity index (χ3v) is 5.07. The van der Waals surface area contributed by atoms with E-state index in [4.69, 9.17) is 14.2 Å². The number of ether oxygens (including phenoxy) is 3. The smallest absolute Gasteiger partial charge is 0.231 e. The lowest BCUT2D eigenvalue weighted by Crippen LogP contribution is -2.45. The van der Waals surface area contributed by atoms with E-state index in [1.807, 2.05) is 6.07 Å². The van der Waals surface area contributed by atoms with Crippen molar-refractivity contribution in [3.05, 3.63) is 47.3 Å². The van der Waals surface area contributed by atoms with Crippen LogP contribution in [0.1, 0.15) is 11.1 Å². The highest BCUT2D eigenvalue weighted by Crippen LogP contribution is 2.38. The Balaban J connectivity index is 1.35. The van der Waals surface area contributed by atoms with Crippen LogP contribution in [0.25, 0.3) is 0 Å². The summed E-state index contributed by atoms with van der Waals surface area (Å²) in [5.41, 5.74) is 1.69. The number of halogens is 1. The number of rotatable bonds is 5. The highest BCUT2D eigenvalue weighted by atomic mass is 19.1. The van der Waals surface area contributed by atoms with Gasteiger partial charge in [-0.05, 0) is 24.3 Å². The van der Waals surface area contributed by atoms with Crippen molar-refractivity contribution in [3.8, 4) is 23.0 Å². The summed E-state index contributed by atoms with van der Waals surface area (Å²) in [6, 6.07) is 8.09. The summed E-state index contributed by atoms with van der Waals surface area (Å²) in [6.45, 7) is 4.97. The van der Waals surface area contributed by atoms with Crippen molar-refractivity contribution in [2.45, 2.75) is 13.1 Å². The third kappa shape index (κ3) is 3.94. The van der Waals surface area contributed by atoms with Crippen LogP contribution in [0.15, 0.2) is 30.3 Å². The number of hydrogen-bond donors (Lipinski definition) is 1. The fraction of sp³-hybridized carbons (Fsp3) is 0.400. The average molecular weight is 374 g/mol. The number of hydrogen-bond acceptors (Lipinski definition) is 6. The first kappa shape index (κ1) is 17.9. The van der Waals surface area contributed by atoms with Gasteiger partial charge < -0.3 is 19.3 Å². The second kappa shape index (κ2) is 7.62. The number of piperazine rings is 1. The first-order valence-electron chi connectivity index (χ1n) is 9.01. The monoisotopic (exact) mass is 374 g/mol. The fourth-order valence-corrected chi connectivity index (χ4v) is 3.56. The van der Waals surface area contributed by atoms with Gasteiger partial charge in [0, 0.05) is 56.5 Å². The highest BCUT2D eigenvalue weighted by Gasteiger charge is 2.22. The lowest BCUT2D eigenvalue weighted by atomic mass is 10.1. The van der Waals surface area contributed by atoms with E-state index in [2.05, 4.69) is 9.80 Å². The number of phenolic OH excluding ortho intramolecular Hbond substituents is 1. The topological polar surface area (TPSA) is 54.4 Å². The molecule has 0 atom stereocenters. The van der Waals surface area contributed by atoms with Crippen molar-refractivity contribution >= 4 is 0 Å². The summed E-state index contributed by atoms with van der Waals surface area (Å²) in [5, 5.41) is 10.2. The molecular formula is C20H23FN2O4. The number of fused-ring (bicyclic) bond motifs is 1. The quantitative estimate of drug-likeness (QED) is 0.868. The molecule has 1 fully saturated rings. The van der Waals surface area contributed by atoms with Crippen LogP contribution in [0.2, 0.25) is 0 Å². The second-order valence-corrected chi connectivity index (χ2v) is 6.84. The molecule has 0 amide bonds. The Morgan fingerprint density at radius 3 is 2.26 bits per heavy atom. The van der Waals surface area contributed by atoms with Crippen molar-refractivity contribution in [1.29, 1.82) is 0 Å². The standard InChI is InChI=1S/C20H23FN2O4/c1-25-18-3-2-16(21)8-15(18)12-23-6-4-22(5-7-23)11-14-9-19-20(10-17(14)24)27-13-26-19/h2-3,8-10,24H,4-7,11-13H2,1H3. The normalized spacial score (nSPS) is 17.3. The average Bonchev–Trinajstić information content (AvgIpc) is 3.11. The Morgan fingerprint density at radius 1 is 0.963 bits per heavy atom. The van der Waals surface area contributed by atoms with E-state index in [0.29, 0.717) is 30.3 Å². The molecular weight excluding hydrogens is 351 g/mol. The van der Waals surface area contributed by atoms with Gasteiger partial charge in [0.05, 0.1) is 7.11 Å². The third-order valence-electron chi connectivity index (χ3n) is 5.07. The zero-order chi connectivity index (χ0) is 18.8. The first-order valence-corrected chi connectivity index (χ1v) is 9.01. The van der Waals surface area contributed by atoms with Gasteiger partial charge in [-0.25, -0.2) is 4.39 Å². The largest absolute Gasteiger partial charge is 0.507 e. The van der Waals surface area contributed by atoms with Crippen molar-refractivity contribution in [1.82, 2.24) is 9.80 Å². The summed E-state index contributed by atoms with van der Waals surface area (Å²) >= 11 is 0. The van der Waals surface area contributed by atoms with E-state index in [-0.39, 0.29) is 18.4 Å². The zero-order valence-electron chi connectivity index (χ0n) is 15.3. The van der Waals surface area contributed by atoms with Gasteiger partial charge in [-0.3, -0.25) is 9.80 Å². The minimum atomic E-state index is -0.247. The molecule has 144 valence electrons. The predicted molar refractivity (Wildman–Crippen MR) is 97.7 cm³/mol. The van der Waals surface area contributed by atoms with E-state index in [0.717, 1.165) is 37.3 Å². The number of methoxy groups -OCH3 is 1. The van der Waals surface area contributed by atoms with Crippen LogP contribution < -0.4 is 14.2 Å². The van der Waals surface area contributed by atoms with E-state index in [1.165, 1.54) is 12.1 Å². The molecule has 2 aliphatic rings. The van der Waals surface area contributed by atoms with Crippen LogP contribution in [0, 0.1) is 5.82 Å². The Labute approximate surface area is 157 Å². The van der Waals surface area contributed by atoms with Gasteiger partial charge in [-0.15, -0.1) is 0 Å². The predicted octanol–water partition coefficient (Wildman–Crippen LogP) is 2.59. The second-order valence-electron chi connectivity index (χ2n) is 6.84. The molecule has 0 radical (unpaired) electrons. The molecule has 1 N–H and O–H groups in total. The minimum absolute atomic E-state index is 0.195. The van der Waals surface area contributed by atoms with E-state index in [1.54, 1.807) is 19.2 Å². The number of nitrogens with zero attached hydrogens (tertiary/aromatic N) is 2. The van der Waals surface area contributed by atoms with Crippen molar-refractivity contribution in [2.24, 2.45) is 0 Å². The van der Waals surface area contributed by atoms with Gasteiger partial charge in [0.2, 0.25) is 6.79 Å². The maximum atomic E-state index is 13.5. The molecule has 6 nitrogen and oxygen atoms in total. The molecule has 2 aliphatic heterocycles. The molecule has 2 heterocycles. The van der Waals surface area contributed by atoms with E-state index < -0.39 is 0 Å². The molecule has 0 aliphatic carbocycles. The molecule has 0 bridgehead atoms. The number of aromatic hydroxyl groups is 1. The van der Waals surface area contributed by atoms with Gasteiger partial charge in [0.25, 0.3) is 0 Å². The summed E-state index contributed by atoms with van der Waals surface area (Å²) in [4.78, 5) is 4.57. The zero-order valence-corrected chi connectivity index (χ0v) is 15.3. The van der Waals surface area contributed by atoms with E-state index in [9.17, 15) is 9.50 Å². The molecule has 2 aromatic carbocycles. The first-order chi connectivity index (χ1) is 13.1. The molecule has 0 aromatic heterocycles. The highest BCUT2D eigenvalue weighted by molar-refractivity contribution is 5.51. The van der Waals surface area contributed by atoms with Gasteiger partial charge in [0.15, 0.2) is 11.5 Å². The summed E-state index contributed by atoms with van der Waals surface area (Å²) in [6.07, 6.45) is 0. The van der Waals surface area contributed by atoms with Crippen molar-refractivity contribution in [2.75, 3.05) is 40.1 Å². The van der Waals surface area contributed by atoms with Gasteiger partial charge in [-0.1, -0.05) is 0 Å². The van der Waals surface area contributed by atoms with Crippen molar-refractivity contribution < 1.29 is 23.7 Å². The molecule has 0 spiro atoms. The van der Waals surface area contributed by atoms with Crippen LogP contribution in [-0.4, -0.2) is 55.0 Å². The van der Waals surface area contributed by atoms with Gasteiger partial charge >= 0.3 is 0 Å². The summed E-state index contributed by atoms with van der Waals surface area (Å²) < 4.78 is 29.6. The van der Waals surface area contributed by atoms with Gasteiger partial charge in [0.1, 0.15) is 17.3 Å². The Bertz CT molecular complexity index is 822. The molecule has 0 unspecified atom stereocenters. The Kier molecular flexibility index (Phi) is 5.05. The van der Waals surface area contributed by atoms with Crippen molar-refractivity contribution in [3.63, 3.8) is 0 Å². The fourth-order valence-electron chi connectivity index (χ4n) is 3.56. The van der Waals surface area contributed by atoms with E-state index >= 15 is 0 Å². The SMILES string of the molecule is COc1ccc(F)cc1CN1CCN(Cc2cc3c(cc2O)OCO3)CC1. The minimum Gasteiger partial charge on any atom is -0.507 e. The molecule has 2 aromatic rings. The van der Waals surface area contributed by atoms with Crippen LogP contribution in [-0.2, 0) is 13.1 Å². The maximum Gasteiger partial charge on any atom is 0.231 e. The van der Waals surface area contributed by atoms with Crippen LogP contribution in [0.5, 0.6) is 23.0 Å². The van der Waals surface area contributed by atoms with Crippen LogP contribution in [0.3, 0.4) is 0 Å². The Hall–Kier alpha value is -2.51. The lowest BCUT2D eigenvalue weighted by molar-refractivity contribution is 0.120. The molecule has 1 saturated heterocycles. The maximum absolute atomic E-state index is 13.5. The summed E-state index contributed by atoms with van der Waals surface area (Å²) in [5.74, 6) is 1.96. The number of benzene rings is 2. The molecule has 27 heavy (non-hydrogen) atoms. The Morgan fingerprint density at radius 2 is 1.59 bits per heavy atom. The molecule has 4 rings (SSSR count).